The van der Waals surface area contributed by atoms with E-state index in [0.717, 1.165) is 12.0 Å². The fourth-order valence-electron chi connectivity index (χ4n) is 3.57. The fraction of sp³-hybridized carbons (Fsp3) is 0.636. The van der Waals surface area contributed by atoms with E-state index in [2.05, 4.69) is 43.5 Å². The van der Waals surface area contributed by atoms with Crippen molar-refractivity contribution in [2.24, 2.45) is 11.8 Å². The first-order valence-electron chi connectivity index (χ1n) is 9.99. The van der Waals surface area contributed by atoms with Gasteiger partial charge in [-0.05, 0) is 51.2 Å². The number of hydrogen-bond acceptors (Lipinski definition) is 2. The van der Waals surface area contributed by atoms with Gasteiger partial charge in [-0.15, -0.1) is 0 Å². The topological polar surface area (TPSA) is 61.4 Å². The summed E-state index contributed by atoms with van der Waals surface area (Å²) < 4.78 is 0. The van der Waals surface area contributed by atoms with Crippen molar-refractivity contribution >= 4 is 11.9 Å². The van der Waals surface area contributed by atoms with Crippen LogP contribution in [0.3, 0.4) is 0 Å². The SMILES string of the molecule is Cc1ccccc1C1CN(C(=O)NC(C)(C)C)CC1C(=O)NCCC(C)C. The normalized spacial score (nSPS) is 20.0. The number of rotatable bonds is 5. The molecular weight excluding hydrogens is 338 g/mol. The lowest BCUT2D eigenvalue weighted by atomic mass is 9.86. The van der Waals surface area contributed by atoms with Crippen molar-refractivity contribution in [1.82, 2.24) is 15.5 Å². The van der Waals surface area contributed by atoms with E-state index in [1.54, 1.807) is 4.90 Å². The molecule has 1 aliphatic rings. The van der Waals surface area contributed by atoms with Crippen molar-refractivity contribution in [3.8, 4) is 0 Å². The lowest BCUT2D eigenvalue weighted by Gasteiger charge is -2.25. The van der Waals surface area contributed by atoms with E-state index in [1.165, 1.54) is 5.56 Å². The van der Waals surface area contributed by atoms with Crippen molar-refractivity contribution in [2.75, 3.05) is 19.6 Å². The summed E-state index contributed by atoms with van der Waals surface area (Å²) in [5.41, 5.74) is 2.03. The van der Waals surface area contributed by atoms with Gasteiger partial charge in [0.2, 0.25) is 5.91 Å². The highest BCUT2D eigenvalue weighted by atomic mass is 16.2. The second-order valence-electron chi connectivity index (χ2n) is 9.13. The number of benzene rings is 1. The molecule has 2 N–H and O–H groups in total. The van der Waals surface area contributed by atoms with Crippen molar-refractivity contribution < 1.29 is 9.59 Å². The maximum Gasteiger partial charge on any atom is 0.317 e. The number of hydrogen-bond donors (Lipinski definition) is 2. The van der Waals surface area contributed by atoms with Gasteiger partial charge in [0, 0.05) is 31.1 Å². The van der Waals surface area contributed by atoms with Gasteiger partial charge in [-0.25, -0.2) is 4.79 Å². The molecule has 1 aromatic rings. The Morgan fingerprint density at radius 1 is 1.19 bits per heavy atom. The van der Waals surface area contributed by atoms with Gasteiger partial charge in [-0.3, -0.25) is 4.79 Å². The third kappa shape index (κ3) is 5.98. The molecule has 0 spiro atoms. The summed E-state index contributed by atoms with van der Waals surface area (Å²) in [6, 6.07) is 8.07. The Bertz CT molecular complexity index is 664. The van der Waals surface area contributed by atoms with Crippen LogP contribution in [0.5, 0.6) is 0 Å². The predicted octanol–water partition coefficient (Wildman–Crippen LogP) is 3.68. The van der Waals surface area contributed by atoms with Crippen LogP contribution in [0, 0.1) is 18.8 Å². The molecule has 0 bridgehead atoms. The van der Waals surface area contributed by atoms with Gasteiger partial charge in [-0.1, -0.05) is 38.1 Å². The summed E-state index contributed by atoms with van der Waals surface area (Å²) in [7, 11) is 0. The Labute approximate surface area is 163 Å². The minimum atomic E-state index is -0.299. The van der Waals surface area contributed by atoms with Gasteiger partial charge >= 0.3 is 6.03 Å². The maximum absolute atomic E-state index is 12.9. The fourth-order valence-corrected chi connectivity index (χ4v) is 3.57. The molecule has 0 radical (unpaired) electrons. The molecule has 150 valence electrons. The van der Waals surface area contributed by atoms with Crippen molar-refractivity contribution in [1.29, 1.82) is 0 Å². The van der Waals surface area contributed by atoms with Crippen molar-refractivity contribution in [3.63, 3.8) is 0 Å². The Balaban J connectivity index is 2.18. The molecule has 1 aromatic carbocycles. The highest BCUT2D eigenvalue weighted by molar-refractivity contribution is 5.83. The van der Waals surface area contributed by atoms with Crippen LogP contribution < -0.4 is 10.6 Å². The summed E-state index contributed by atoms with van der Waals surface area (Å²) in [4.78, 5) is 27.4. The first kappa shape index (κ1) is 21.3. The number of urea groups is 1. The van der Waals surface area contributed by atoms with Gasteiger partial charge in [0.25, 0.3) is 0 Å². The Morgan fingerprint density at radius 3 is 2.44 bits per heavy atom. The minimum Gasteiger partial charge on any atom is -0.356 e. The molecule has 2 atom stereocenters. The monoisotopic (exact) mass is 373 g/mol. The van der Waals surface area contributed by atoms with Gasteiger partial charge < -0.3 is 15.5 Å². The number of carbonyl (C=O) groups is 2. The van der Waals surface area contributed by atoms with Crippen LogP contribution in [0.2, 0.25) is 0 Å². The lowest BCUT2D eigenvalue weighted by Crippen LogP contribution is -2.48. The largest absolute Gasteiger partial charge is 0.356 e. The molecule has 2 rings (SSSR count). The quantitative estimate of drug-likeness (QED) is 0.827. The van der Waals surface area contributed by atoms with E-state index >= 15 is 0 Å². The number of amides is 3. The van der Waals surface area contributed by atoms with E-state index in [9.17, 15) is 9.59 Å². The molecule has 1 saturated heterocycles. The highest BCUT2D eigenvalue weighted by Gasteiger charge is 2.41. The zero-order valence-corrected chi connectivity index (χ0v) is 17.6. The lowest BCUT2D eigenvalue weighted by molar-refractivity contribution is -0.124. The molecule has 27 heavy (non-hydrogen) atoms. The number of aryl methyl sites for hydroxylation is 1. The third-order valence-corrected chi connectivity index (χ3v) is 5.03. The Hall–Kier alpha value is -2.04. The second-order valence-corrected chi connectivity index (χ2v) is 9.13. The van der Waals surface area contributed by atoms with E-state index < -0.39 is 0 Å². The first-order valence-corrected chi connectivity index (χ1v) is 9.99. The number of likely N-dealkylation sites (tertiary alicyclic amines) is 1. The molecule has 0 saturated carbocycles. The average Bonchev–Trinajstić information content (AvgIpc) is 2.98. The van der Waals surface area contributed by atoms with Gasteiger partial charge in [0.05, 0.1) is 5.92 Å². The Morgan fingerprint density at radius 2 is 1.85 bits per heavy atom. The van der Waals surface area contributed by atoms with E-state index in [0.29, 0.717) is 25.6 Å². The minimum absolute atomic E-state index is 0.0240. The van der Waals surface area contributed by atoms with Crippen molar-refractivity contribution in [3.05, 3.63) is 35.4 Å². The maximum atomic E-state index is 12.9. The van der Waals surface area contributed by atoms with Crippen LogP contribution in [0.15, 0.2) is 24.3 Å². The van der Waals surface area contributed by atoms with Crippen LogP contribution in [-0.2, 0) is 4.79 Å². The number of nitrogens with one attached hydrogen (secondary N) is 2. The molecule has 0 aromatic heterocycles. The first-order chi connectivity index (χ1) is 12.6. The molecular formula is C22H35N3O2. The van der Waals surface area contributed by atoms with E-state index in [4.69, 9.17) is 0 Å². The molecule has 2 unspecified atom stereocenters. The molecule has 5 heteroatoms. The summed E-state index contributed by atoms with van der Waals surface area (Å²) in [6.07, 6.45) is 0.960. The molecule has 5 nitrogen and oxygen atoms in total. The standard InChI is InChI=1S/C22H35N3O2/c1-15(2)11-12-23-20(26)19-14-25(21(27)24-22(4,5)6)13-18(19)17-10-8-7-9-16(17)3/h7-10,15,18-19H,11-14H2,1-6H3,(H,23,26)(H,24,27). The van der Waals surface area contributed by atoms with Crippen LogP contribution in [0.25, 0.3) is 0 Å². The van der Waals surface area contributed by atoms with E-state index in [1.807, 2.05) is 32.9 Å². The summed E-state index contributed by atoms with van der Waals surface area (Å²) in [6.45, 7) is 14.0. The van der Waals surface area contributed by atoms with Gasteiger partial charge in [0.1, 0.15) is 0 Å². The van der Waals surface area contributed by atoms with Crippen LogP contribution in [-0.4, -0.2) is 42.0 Å². The molecule has 3 amide bonds. The zero-order chi connectivity index (χ0) is 20.2. The number of carbonyl (C=O) groups excluding carboxylic acids is 2. The summed E-state index contributed by atoms with van der Waals surface area (Å²) in [5, 5.41) is 6.11. The third-order valence-electron chi connectivity index (χ3n) is 5.03. The zero-order valence-electron chi connectivity index (χ0n) is 17.6. The molecule has 1 aliphatic heterocycles. The van der Waals surface area contributed by atoms with E-state index in [-0.39, 0.29) is 29.3 Å². The highest BCUT2D eigenvalue weighted by Crippen LogP contribution is 2.34. The number of nitrogens with zero attached hydrogens (tertiary/aromatic N) is 1. The Kier molecular flexibility index (Phi) is 6.90. The van der Waals surface area contributed by atoms with Gasteiger partial charge in [-0.2, -0.15) is 0 Å². The van der Waals surface area contributed by atoms with Crippen molar-refractivity contribution in [2.45, 2.75) is 59.4 Å². The molecule has 1 heterocycles. The summed E-state index contributed by atoms with van der Waals surface area (Å²) >= 11 is 0. The smallest absolute Gasteiger partial charge is 0.317 e. The van der Waals surface area contributed by atoms with Crippen LogP contribution in [0.1, 0.15) is 58.1 Å². The van der Waals surface area contributed by atoms with Crippen LogP contribution in [0.4, 0.5) is 4.79 Å². The molecule has 1 fully saturated rings. The molecule has 0 aliphatic carbocycles. The summed E-state index contributed by atoms with van der Waals surface area (Å²) in [5.74, 6) is 0.407. The average molecular weight is 374 g/mol. The predicted molar refractivity (Wildman–Crippen MR) is 110 cm³/mol. The second kappa shape index (κ2) is 8.77. The van der Waals surface area contributed by atoms with Gasteiger partial charge in [0.15, 0.2) is 0 Å². The van der Waals surface area contributed by atoms with Crippen LogP contribution >= 0.6 is 0 Å².